The maximum Gasteiger partial charge on any atom is 0.306 e. The van der Waals surface area contributed by atoms with Crippen LogP contribution in [0.5, 0.6) is 0 Å². The summed E-state index contributed by atoms with van der Waals surface area (Å²) in [6.45, 7) is 4.43. The van der Waals surface area contributed by atoms with Gasteiger partial charge < -0.3 is 28.6 Å². The number of allylic oxidation sites excluding steroid dienone is 16. The first-order chi connectivity index (χ1) is 29.1. The van der Waals surface area contributed by atoms with Crippen molar-refractivity contribution in [3.63, 3.8) is 0 Å². The van der Waals surface area contributed by atoms with Crippen LogP contribution < -0.4 is 5.11 Å². The number of carboxylic acids is 1. The lowest BCUT2D eigenvalue weighted by Gasteiger charge is -2.34. The molecule has 0 aliphatic heterocycles. The van der Waals surface area contributed by atoms with Gasteiger partial charge in [-0.2, -0.15) is 0 Å². The Morgan fingerprint density at radius 3 is 1.43 bits per heavy atom. The van der Waals surface area contributed by atoms with Crippen molar-refractivity contribution in [3.05, 3.63) is 97.2 Å². The molecule has 0 heterocycles. The van der Waals surface area contributed by atoms with Gasteiger partial charge in [-0.15, -0.1) is 0 Å². The number of hydrogen-bond donors (Lipinski definition) is 0. The molecule has 0 spiro atoms. The number of esters is 2. The number of hydrogen-bond acceptors (Lipinski definition) is 7. The zero-order valence-electron chi connectivity index (χ0n) is 38.6. The molecular weight excluding hydrogens is 751 g/mol. The van der Waals surface area contributed by atoms with Crippen molar-refractivity contribution in [2.45, 2.75) is 174 Å². The van der Waals surface area contributed by atoms with Crippen LogP contribution in [0.3, 0.4) is 0 Å². The highest BCUT2D eigenvalue weighted by Gasteiger charge is 2.25. The van der Waals surface area contributed by atoms with Gasteiger partial charge in [-0.05, 0) is 89.9 Å². The molecule has 340 valence electrons. The minimum atomic E-state index is -1.14. The van der Waals surface area contributed by atoms with Crippen LogP contribution in [0.2, 0.25) is 0 Å². The molecule has 0 radical (unpaired) electrons. The summed E-state index contributed by atoms with van der Waals surface area (Å²) in [6.07, 6.45) is 55.8. The van der Waals surface area contributed by atoms with Crippen LogP contribution in [-0.2, 0) is 28.6 Å². The number of carbonyl (C=O) groups is 3. The number of rotatable bonds is 40. The largest absolute Gasteiger partial charge is 0.544 e. The smallest absolute Gasteiger partial charge is 0.306 e. The van der Waals surface area contributed by atoms with Crippen molar-refractivity contribution < 1.29 is 38.2 Å². The van der Waals surface area contributed by atoms with E-state index >= 15 is 0 Å². The molecule has 0 fully saturated rings. The number of quaternary nitrogens is 1. The van der Waals surface area contributed by atoms with E-state index in [-0.39, 0.29) is 55.5 Å². The molecule has 0 saturated heterocycles. The molecule has 0 aromatic heterocycles. The van der Waals surface area contributed by atoms with E-state index in [1.807, 2.05) is 0 Å². The Bertz CT molecular complexity index is 1300. The number of ether oxygens (including phenoxy) is 3. The summed E-state index contributed by atoms with van der Waals surface area (Å²) in [5.41, 5.74) is 0. The fourth-order valence-corrected chi connectivity index (χ4v) is 6.11. The summed E-state index contributed by atoms with van der Waals surface area (Å²) in [6, 6.07) is -0.745. The second kappa shape index (κ2) is 42.0. The van der Waals surface area contributed by atoms with Gasteiger partial charge in [0.15, 0.2) is 6.10 Å². The van der Waals surface area contributed by atoms with Gasteiger partial charge in [0.1, 0.15) is 12.6 Å². The highest BCUT2D eigenvalue weighted by Crippen LogP contribution is 2.11. The normalized spacial score (nSPS) is 13.8. The van der Waals surface area contributed by atoms with Crippen molar-refractivity contribution >= 4 is 17.9 Å². The van der Waals surface area contributed by atoms with E-state index in [2.05, 4.69) is 111 Å². The van der Waals surface area contributed by atoms with Crippen LogP contribution in [0.25, 0.3) is 0 Å². The number of aliphatic carboxylic acids is 1. The van der Waals surface area contributed by atoms with Crippen LogP contribution in [-0.4, -0.2) is 75.5 Å². The first-order valence-electron chi connectivity index (χ1n) is 23.3. The van der Waals surface area contributed by atoms with E-state index < -0.39 is 18.1 Å². The summed E-state index contributed by atoms with van der Waals surface area (Å²) in [5.74, 6) is -1.86. The average molecular weight is 836 g/mol. The monoisotopic (exact) mass is 836 g/mol. The van der Waals surface area contributed by atoms with Gasteiger partial charge in [0, 0.05) is 19.3 Å². The van der Waals surface area contributed by atoms with E-state index in [9.17, 15) is 19.5 Å². The molecule has 0 N–H and O–H groups in total. The van der Waals surface area contributed by atoms with Gasteiger partial charge >= 0.3 is 11.9 Å². The SMILES string of the molecule is CC/C=C/C/C=C/C/C=C/C/C=C/C/C=C/CCCCCC(=O)OC(COCCC(C(=O)[O-])[N+](C)(C)C)COC(=O)CCC/C=C/C/C=C/C/C=C/CCCCCCCC. The number of carbonyl (C=O) groups excluding carboxylic acids is 3. The highest BCUT2D eigenvalue weighted by atomic mass is 16.6. The molecular formula is C52H85NO7. The van der Waals surface area contributed by atoms with E-state index in [1.165, 1.54) is 44.9 Å². The van der Waals surface area contributed by atoms with Crippen LogP contribution in [0.15, 0.2) is 97.2 Å². The van der Waals surface area contributed by atoms with Gasteiger partial charge in [-0.25, -0.2) is 0 Å². The van der Waals surface area contributed by atoms with Crippen LogP contribution in [0.4, 0.5) is 0 Å². The second-order valence-electron chi connectivity index (χ2n) is 16.3. The molecule has 0 rings (SSSR count). The first-order valence-corrected chi connectivity index (χ1v) is 23.3. The van der Waals surface area contributed by atoms with Crippen molar-refractivity contribution in [1.29, 1.82) is 0 Å². The molecule has 0 bridgehead atoms. The highest BCUT2D eigenvalue weighted by molar-refractivity contribution is 5.70. The van der Waals surface area contributed by atoms with Crippen molar-refractivity contribution in [2.75, 3.05) is 41.0 Å². The second-order valence-corrected chi connectivity index (χ2v) is 16.3. The third-order valence-electron chi connectivity index (χ3n) is 9.70. The van der Waals surface area contributed by atoms with Gasteiger partial charge in [0.05, 0.1) is 40.3 Å². The molecule has 8 heteroatoms. The number of likely N-dealkylation sites (N-methyl/N-ethyl adjacent to an activating group) is 1. The minimum Gasteiger partial charge on any atom is -0.544 e. The number of nitrogens with zero attached hydrogens (tertiary/aromatic N) is 1. The number of unbranched alkanes of at least 4 members (excludes halogenated alkanes) is 10. The predicted octanol–water partition coefficient (Wildman–Crippen LogP) is 11.7. The quantitative estimate of drug-likeness (QED) is 0.0262. The Labute approximate surface area is 366 Å². The summed E-state index contributed by atoms with van der Waals surface area (Å²) >= 11 is 0. The van der Waals surface area contributed by atoms with Gasteiger partial charge in [0.2, 0.25) is 0 Å². The Balaban J connectivity index is 4.49. The molecule has 0 aromatic carbocycles. The molecule has 2 atom stereocenters. The van der Waals surface area contributed by atoms with Gasteiger partial charge in [-0.1, -0.05) is 150 Å². The van der Waals surface area contributed by atoms with Crippen LogP contribution in [0, 0.1) is 0 Å². The zero-order chi connectivity index (χ0) is 44.2. The third kappa shape index (κ3) is 39.7. The minimum absolute atomic E-state index is 0.00513. The molecule has 2 unspecified atom stereocenters. The lowest BCUT2D eigenvalue weighted by Crippen LogP contribution is -2.55. The topological polar surface area (TPSA) is 102 Å². The molecule has 0 aliphatic rings. The maximum absolute atomic E-state index is 12.7. The fourth-order valence-electron chi connectivity index (χ4n) is 6.11. The maximum atomic E-state index is 12.7. The fraction of sp³-hybridized carbons (Fsp3) is 0.635. The van der Waals surface area contributed by atoms with E-state index in [0.717, 1.165) is 70.6 Å². The molecule has 60 heavy (non-hydrogen) atoms. The molecule has 0 saturated carbocycles. The van der Waals surface area contributed by atoms with Crippen molar-refractivity contribution in [2.24, 2.45) is 0 Å². The Morgan fingerprint density at radius 1 is 0.517 bits per heavy atom. The molecule has 8 nitrogen and oxygen atoms in total. The first kappa shape index (κ1) is 56.2. The van der Waals surface area contributed by atoms with E-state index in [0.29, 0.717) is 12.8 Å². The zero-order valence-corrected chi connectivity index (χ0v) is 38.6. The molecule has 0 aliphatic carbocycles. The van der Waals surface area contributed by atoms with E-state index in [4.69, 9.17) is 14.2 Å². The lowest BCUT2D eigenvalue weighted by molar-refractivity contribution is -0.889. The summed E-state index contributed by atoms with van der Waals surface area (Å²) in [5, 5.41) is 11.6. The van der Waals surface area contributed by atoms with Gasteiger partial charge in [-0.3, -0.25) is 9.59 Å². The Kier molecular flexibility index (Phi) is 39.3. The summed E-state index contributed by atoms with van der Waals surface area (Å²) in [7, 11) is 5.37. The Hall–Kier alpha value is -3.75. The standard InChI is InChI=1S/C52H85NO7/c1-6-8-10-12-14-16-18-20-22-24-25-27-29-31-33-35-37-39-41-43-51(55)60-48(46-58-45-44-49(52(56)57)53(3,4)5)47-59-50(54)42-40-38-36-34-32-30-28-26-23-21-19-17-15-13-11-9-7-2/h8,10,14,16,20-23,25,27-28,30-31,33-34,36,48-49H,6-7,9,11-13,15,17-19,24,26,29,32,35,37-47H2,1-5H3/b10-8+,16-14+,22-20+,23-21+,27-25+,30-28+,33-31+,36-34+. The summed E-state index contributed by atoms with van der Waals surface area (Å²) < 4.78 is 17.1. The van der Waals surface area contributed by atoms with Crippen molar-refractivity contribution in [1.82, 2.24) is 0 Å². The molecule has 0 amide bonds. The molecule has 0 aromatic rings. The van der Waals surface area contributed by atoms with Crippen molar-refractivity contribution in [3.8, 4) is 0 Å². The lowest BCUT2D eigenvalue weighted by atomic mass is 10.1. The number of carboxylic acid groups (broad SMARTS) is 1. The van der Waals surface area contributed by atoms with E-state index in [1.54, 1.807) is 21.1 Å². The summed E-state index contributed by atoms with van der Waals surface area (Å²) in [4.78, 5) is 36.9. The van der Waals surface area contributed by atoms with Gasteiger partial charge in [0.25, 0.3) is 0 Å². The third-order valence-corrected chi connectivity index (χ3v) is 9.70. The van der Waals surface area contributed by atoms with Crippen LogP contribution in [0.1, 0.15) is 162 Å². The average Bonchev–Trinajstić information content (AvgIpc) is 3.21. The predicted molar refractivity (Wildman–Crippen MR) is 249 cm³/mol. The Morgan fingerprint density at radius 2 is 0.950 bits per heavy atom. The van der Waals surface area contributed by atoms with Crippen LogP contribution >= 0.6 is 0 Å².